The van der Waals surface area contributed by atoms with E-state index >= 15 is 0 Å². The quantitative estimate of drug-likeness (QED) is 0.861. The van der Waals surface area contributed by atoms with Gasteiger partial charge in [-0.2, -0.15) is 5.10 Å². The highest BCUT2D eigenvalue weighted by molar-refractivity contribution is 5.92. The minimum Gasteiger partial charge on any atom is -0.335 e. The Morgan fingerprint density at radius 3 is 2.52 bits per heavy atom. The molecular formula is C15H25N5O. The summed E-state index contributed by atoms with van der Waals surface area (Å²) in [5, 5.41) is 7.79. The zero-order valence-electron chi connectivity index (χ0n) is 13.0. The van der Waals surface area contributed by atoms with Crippen LogP contribution in [0.2, 0.25) is 0 Å². The van der Waals surface area contributed by atoms with Gasteiger partial charge in [-0.15, -0.1) is 0 Å². The SMILES string of the molecule is CCc1cc(C(=O)N2CCN(C3CNC3)CC2)n(CC)n1. The molecule has 2 fully saturated rings. The van der Waals surface area contributed by atoms with Crippen LogP contribution in [-0.2, 0) is 13.0 Å². The van der Waals surface area contributed by atoms with Crippen LogP contribution in [0.15, 0.2) is 6.07 Å². The van der Waals surface area contributed by atoms with Gasteiger partial charge in [-0.1, -0.05) is 6.92 Å². The summed E-state index contributed by atoms with van der Waals surface area (Å²) >= 11 is 0. The summed E-state index contributed by atoms with van der Waals surface area (Å²) < 4.78 is 1.84. The summed E-state index contributed by atoms with van der Waals surface area (Å²) in [4.78, 5) is 17.2. The molecule has 0 atom stereocenters. The van der Waals surface area contributed by atoms with Gasteiger partial charge in [0.25, 0.3) is 5.91 Å². The zero-order chi connectivity index (χ0) is 14.8. The van der Waals surface area contributed by atoms with Crippen molar-refractivity contribution in [2.75, 3.05) is 39.3 Å². The molecule has 6 nitrogen and oxygen atoms in total. The van der Waals surface area contributed by atoms with Crippen LogP contribution in [-0.4, -0.2) is 70.8 Å². The molecule has 21 heavy (non-hydrogen) atoms. The molecule has 0 aromatic carbocycles. The number of piperazine rings is 1. The third-order valence-corrected chi connectivity index (χ3v) is 4.59. The molecule has 0 saturated carbocycles. The van der Waals surface area contributed by atoms with Crippen molar-refractivity contribution in [3.05, 3.63) is 17.5 Å². The van der Waals surface area contributed by atoms with Gasteiger partial charge in [0.05, 0.1) is 5.69 Å². The first-order valence-corrected chi connectivity index (χ1v) is 8.03. The Labute approximate surface area is 126 Å². The fraction of sp³-hybridized carbons (Fsp3) is 0.733. The van der Waals surface area contributed by atoms with Crippen LogP contribution in [0.25, 0.3) is 0 Å². The number of carbonyl (C=O) groups excluding carboxylic acids is 1. The van der Waals surface area contributed by atoms with Gasteiger partial charge in [-0.05, 0) is 19.4 Å². The van der Waals surface area contributed by atoms with Crippen LogP contribution in [0, 0.1) is 0 Å². The largest absolute Gasteiger partial charge is 0.335 e. The molecule has 0 aliphatic carbocycles. The summed E-state index contributed by atoms with van der Waals surface area (Å²) in [7, 11) is 0. The molecule has 2 aliphatic rings. The van der Waals surface area contributed by atoms with Gasteiger partial charge in [-0.3, -0.25) is 14.4 Å². The number of nitrogens with zero attached hydrogens (tertiary/aromatic N) is 4. The Kier molecular flexibility index (Phi) is 4.26. The molecule has 2 saturated heterocycles. The number of amides is 1. The molecule has 2 aliphatic heterocycles. The molecule has 116 valence electrons. The van der Waals surface area contributed by atoms with Gasteiger partial charge in [0.1, 0.15) is 5.69 Å². The molecule has 6 heteroatoms. The Hall–Kier alpha value is -1.40. The van der Waals surface area contributed by atoms with E-state index in [1.807, 2.05) is 22.6 Å². The minimum atomic E-state index is 0.135. The highest BCUT2D eigenvalue weighted by atomic mass is 16.2. The van der Waals surface area contributed by atoms with Crippen molar-refractivity contribution >= 4 is 5.91 Å². The monoisotopic (exact) mass is 291 g/mol. The first-order chi connectivity index (χ1) is 10.2. The van der Waals surface area contributed by atoms with E-state index in [-0.39, 0.29) is 5.91 Å². The molecule has 3 rings (SSSR count). The van der Waals surface area contributed by atoms with E-state index in [0.717, 1.165) is 63.6 Å². The average molecular weight is 291 g/mol. The first kappa shape index (κ1) is 14.5. The minimum absolute atomic E-state index is 0.135. The highest BCUT2D eigenvalue weighted by Crippen LogP contribution is 2.14. The number of carbonyl (C=O) groups is 1. The van der Waals surface area contributed by atoms with Crippen molar-refractivity contribution in [2.45, 2.75) is 32.9 Å². The second-order valence-corrected chi connectivity index (χ2v) is 5.83. The lowest BCUT2D eigenvalue weighted by Crippen LogP contribution is -2.62. The summed E-state index contributed by atoms with van der Waals surface area (Å²) in [6, 6.07) is 2.63. The molecule has 0 bridgehead atoms. The predicted octanol–water partition coefficient (Wildman–Crippen LogP) is 0.195. The highest BCUT2D eigenvalue weighted by Gasteiger charge is 2.30. The van der Waals surface area contributed by atoms with Crippen molar-refractivity contribution < 1.29 is 4.79 Å². The predicted molar refractivity (Wildman–Crippen MR) is 81.4 cm³/mol. The second kappa shape index (κ2) is 6.15. The van der Waals surface area contributed by atoms with E-state index in [9.17, 15) is 4.79 Å². The third-order valence-electron chi connectivity index (χ3n) is 4.59. The van der Waals surface area contributed by atoms with E-state index < -0.39 is 0 Å². The summed E-state index contributed by atoms with van der Waals surface area (Å²) in [6.45, 7) is 10.7. The van der Waals surface area contributed by atoms with Gasteiger partial charge in [0.15, 0.2) is 0 Å². The smallest absolute Gasteiger partial charge is 0.272 e. The molecule has 0 spiro atoms. The zero-order valence-corrected chi connectivity index (χ0v) is 13.0. The van der Waals surface area contributed by atoms with Crippen LogP contribution in [0.5, 0.6) is 0 Å². The van der Waals surface area contributed by atoms with Crippen LogP contribution >= 0.6 is 0 Å². The lowest BCUT2D eigenvalue weighted by atomic mass is 10.1. The molecule has 1 aromatic rings. The molecule has 1 N–H and O–H groups in total. The van der Waals surface area contributed by atoms with Gasteiger partial charge in [0, 0.05) is 51.9 Å². The van der Waals surface area contributed by atoms with Gasteiger partial charge < -0.3 is 10.2 Å². The van der Waals surface area contributed by atoms with Crippen LogP contribution in [0.4, 0.5) is 0 Å². The van der Waals surface area contributed by atoms with Crippen molar-refractivity contribution in [3.63, 3.8) is 0 Å². The number of nitrogens with one attached hydrogen (secondary N) is 1. The van der Waals surface area contributed by atoms with Crippen LogP contribution in [0.1, 0.15) is 30.0 Å². The molecule has 3 heterocycles. The maximum Gasteiger partial charge on any atom is 0.272 e. The summed E-state index contributed by atoms with van der Waals surface area (Å²) in [6.07, 6.45) is 0.871. The van der Waals surface area contributed by atoms with E-state index in [2.05, 4.69) is 22.2 Å². The number of hydrogen-bond acceptors (Lipinski definition) is 4. The van der Waals surface area contributed by atoms with Crippen LogP contribution in [0.3, 0.4) is 0 Å². The standard InChI is InChI=1S/C15H25N5O/c1-3-12-9-14(20(4-2)17-12)15(21)19-7-5-18(6-8-19)13-10-16-11-13/h9,13,16H,3-8,10-11H2,1-2H3. The molecule has 1 amide bonds. The van der Waals surface area contributed by atoms with Gasteiger partial charge >= 0.3 is 0 Å². The second-order valence-electron chi connectivity index (χ2n) is 5.83. The Bertz CT molecular complexity index is 500. The maximum atomic E-state index is 12.7. The number of aryl methyl sites for hydroxylation is 2. The van der Waals surface area contributed by atoms with E-state index in [4.69, 9.17) is 0 Å². The lowest BCUT2D eigenvalue weighted by Gasteiger charge is -2.43. The maximum absolute atomic E-state index is 12.7. The topological polar surface area (TPSA) is 53.4 Å². The Balaban J connectivity index is 1.64. The van der Waals surface area contributed by atoms with Crippen LogP contribution < -0.4 is 5.32 Å². The van der Waals surface area contributed by atoms with E-state index in [1.165, 1.54) is 0 Å². The van der Waals surface area contributed by atoms with Crippen molar-refractivity contribution in [1.29, 1.82) is 0 Å². The third kappa shape index (κ3) is 2.82. The molecule has 0 radical (unpaired) electrons. The fourth-order valence-corrected chi connectivity index (χ4v) is 3.04. The molecule has 0 unspecified atom stereocenters. The first-order valence-electron chi connectivity index (χ1n) is 8.03. The van der Waals surface area contributed by atoms with Crippen molar-refractivity contribution in [1.82, 2.24) is 24.9 Å². The number of rotatable bonds is 4. The Morgan fingerprint density at radius 2 is 2.00 bits per heavy atom. The summed E-state index contributed by atoms with van der Waals surface area (Å²) in [5.74, 6) is 0.135. The normalized spacial score (nSPS) is 20.6. The van der Waals surface area contributed by atoms with Gasteiger partial charge in [-0.25, -0.2) is 0 Å². The summed E-state index contributed by atoms with van der Waals surface area (Å²) in [5.41, 5.74) is 1.74. The fourth-order valence-electron chi connectivity index (χ4n) is 3.04. The molecular weight excluding hydrogens is 266 g/mol. The molecule has 1 aromatic heterocycles. The number of aromatic nitrogens is 2. The number of hydrogen-bond donors (Lipinski definition) is 1. The van der Waals surface area contributed by atoms with Gasteiger partial charge in [0.2, 0.25) is 0 Å². The Morgan fingerprint density at radius 1 is 1.29 bits per heavy atom. The van der Waals surface area contributed by atoms with Crippen molar-refractivity contribution in [3.8, 4) is 0 Å². The van der Waals surface area contributed by atoms with E-state index in [0.29, 0.717) is 6.04 Å². The lowest BCUT2D eigenvalue weighted by molar-refractivity contribution is 0.0492. The average Bonchev–Trinajstić information content (AvgIpc) is 2.89. The van der Waals surface area contributed by atoms with Crippen molar-refractivity contribution in [2.24, 2.45) is 0 Å². The van der Waals surface area contributed by atoms with E-state index in [1.54, 1.807) is 0 Å².